The van der Waals surface area contributed by atoms with Gasteiger partial charge < -0.3 is 10.3 Å². The summed E-state index contributed by atoms with van der Waals surface area (Å²) in [5.74, 6) is -3.25. The van der Waals surface area contributed by atoms with E-state index in [2.05, 4.69) is 15.8 Å². The van der Waals surface area contributed by atoms with Crippen LogP contribution in [-0.2, 0) is 32.2 Å². The number of aromatic nitrogens is 1. The molecule has 0 radical (unpaired) electrons. The maximum absolute atomic E-state index is 14.0. The summed E-state index contributed by atoms with van der Waals surface area (Å²) in [7, 11) is 0. The molecule has 0 aliphatic rings. The van der Waals surface area contributed by atoms with Crippen molar-refractivity contribution >= 4 is 34.7 Å². The van der Waals surface area contributed by atoms with Crippen LogP contribution in [0.15, 0.2) is 97.2 Å². The van der Waals surface area contributed by atoms with Crippen molar-refractivity contribution in [3.63, 3.8) is 0 Å². The van der Waals surface area contributed by atoms with Crippen molar-refractivity contribution in [2.75, 3.05) is 0 Å². The van der Waals surface area contributed by atoms with Crippen molar-refractivity contribution in [1.29, 1.82) is 0 Å². The van der Waals surface area contributed by atoms with Crippen molar-refractivity contribution in [3.8, 4) is 0 Å². The number of fused-ring (bicyclic) bond motifs is 1. The number of para-hydroxylation sites is 1. The first-order valence-electron chi connectivity index (χ1n) is 14.8. The minimum atomic E-state index is -0.996. The van der Waals surface area contributed by atoms with E-state index in [1.165, 1.54) is 0 Å². The van der Waals surface area contributed by atoms with Gasteiger partial charge in [-0.25, -0.2) is 11.0 Å². The molecule has 0 fully saturated rings. The molecule has 0 spiro atoms. The number of allylic oxidation sites excluding steroid dienone is 1. The Balaban J connectivity index is 1.55. The summed E-state index contributed by atoms with van der Waals surface area (Å²) in [6.45, 7) is 4.08. The van der Waals surface area contributed by atoms with Gasteiger partial charge in [0.2, 0.25) is 11.8 Å². The molecule has 3 aromatic carbocycles. The number of carbonyl (C=O) groups is 3. The van der Waals surface area contributed by atoms with Crippen molar-refractivity contribution in [1.82, 2.24) is 21.3 Å². The Kier molecular flexibility index (Phi) is 11.9. The van der Waals surface area contributed by atoms with Crippen LogP contribution in [0.3, 0.4) is 0 Å². The van der Waals surface area contributed by atoms with Gasteiger partial charge in [-0.2, -0.15) is 0 Å². The third kappa shape index (κ3) is 9.13. The van der Waals surface area contributed by atoms with Crippen LogP contribution in [0.4, 0.5) is 0 Å². The molecule has 5 N–H and O–H groups in total. The second-order valence-corrected chi connectivity index (χ2v) is 11.2. The summed E-state index contributed by atoms with van der Waals surface area (Å²) >= 11 is 0. The summed E-state index contributed by atoms with van der Waals surface area (Å²) in [5.41, 5.74) is 7.83. The van der Waals surface area contributed by atoms with Crippen molar-refractivity contribution in [2.45, 2.75) is 45.8 Å². The lowest BCUT2D eigenvalue weighted by atomic mass is 9.81. The van der Waals surface area contributed by atoms with E-state index < -0.39 is 35.6 Å². The molecule has 3 amide bonds. The number of hydroxylamine groups is 2. The fourth-order valence-electron chi connectivity index (χ4n) is 5.26. The van der Waals surface area contributed by atoms with Gasteiger partial charge in [0.15, 0.2) is 0 Å². The summed E-state index contributed by atoms with van der Waals surface area (Å²) in [5, 5.41) is 13.4. The van der Waals surface area contributed by atoms with Gasteiger partial charge in [0.1, 0.15) is 6.04 Å². The van der Waals surface area contributed by atoms with Crippen LogP contribution in [0.2, 0.25) is 0 Å². The zero-order valence-electron chi connectivity index (χ0n) is 25.0. The predicted octanol–water partition coefficient (Wildman–Crippen LogP) is 5.33. The van der Waals surface area contributed by atoms with E-state index in [1.807, 2.05) is 117 Å². The monoisotopic (exact) mass is 596 g/mol. The molecule has 0 aliphatic heterocycles. The van der Waals surface area contributed by atoms with Crippen molar-refractivity contribution < 1.29 is 24.4 Å². The number of rotatable bonds is 15. The number of nitrogens with one attached hydrogen (secondary N) is 4. The summed E-state index contributed by atoms with van der Waals surface area (Å²) in [6, 6.07) is 25.7. The van der Waals surface area contributed by atoms with Crippen LogP contribution in [-0.4, -0.2) is 34.0 Å². The molecule has 9 heteroatoms. The molecule has 0 unspecified atom stereocenters. The molecule has 44 heavy (non-hydrogen) atoms. The number of aromatic amines is 1. The van der Waals surface area contributed by atoms with Gasteiger partial charge >= 0.3 is 0 Å². The summed E-state index contributed by atoms with van der Waals surface area (Å²) < 4.78 is 0. The first-order valence-corrected chi connectivity index (χ1v) is 14.8. The fraction of sp³-hybridized carbons (Fsp3) is 0.286. The second-order valence-electron chi connectivity index (χ2n) is 11.2. The highest BCUT2D eigenvalue weighted by Crippen LogP contribution is 2.26. The smallest absolute Gasteiger partial charge is 0.266 e. The molecule has 1 heterocycles. The average Bonchev–Trinajstić information content (AvgIpc) is 3.45. The molecule has 0 bridgehead atoms. The van der Waals surface area contributed by atoms with Gasteiger partial charge in [-0.3, -0.25) is 24.4 Å². The van der Waals surface area contributed by atoms with E-state index in [0.29, 0.717) is 6.42 Å². The third-order valence-corrected chi connectivity index (χ3v) is 7.48. The molecule has 0 aliphatic carbocycles. The lowest BCUT2D eigenvalue weighted by molar-refractivity contribution is -0.143. The quantitative estimate of drug-likeness (QED) is 0.0935. The topological polar surface area (TPSA) is 133 Å². The maximum atomic E-state index is 14.0. The van der Waals surface area contributed by atoms with Gasteiger partial charge in [0, 0.05) is 23.5 Å². The Labute approximate surface area is 257 Å². The van der Waals surface area contributed by atoms with E-state index in [1.54, 1.807) is 5.48 Å². The van der Waals surface area contributed by atoms with Crippen LogP contribution in [0.25, 0.3) is 17.0 Å². The van der Waals surface area contributed by atoms with Crippen molar-refractivity contribution in [3.05, 3.63) is 114 Å². The fourth-order valence-corrected chi connectivity index (χ4v) is 5.26. The molecule has 4 rings (SSSR count). The highest BCUT2D eigenvalue weighted by atomic mass is 16.6. The molecule has 0 saturated heterocycles. The second kappa shape index (κ2) is 16.2. The lowest BCUT2D eigenvalue weighted by Gasteiger charge is -2.28. The summed E-state index contributed by atoms with van der Waals surface area (Å²) in [6.07, 6.45) is 6.29. The Morgan fingerprint density at radius 3 is 2.25 bits per heavy atom. The number of H-pyrrole nitrogens is 1. The van der Waals surface area contributed by atoms with E-state index in [-0.39, 0.29) is 25.4 Å². The van der Waals surface area contributed by atoms with Crippen LogP contribution in [0.5, 0.6) is 0 Å². The van der Waals surface area contributed by atoms with Gasteiger partial charge in [-0.05, 0) is 41.5 Å². The normalized spacial score (nSPS) is 13.5. The number of hydrogen-bond acceptors (Lipinski definition) is 5. The Morgan fingerprint density at radius 1 is 0.864 bits per heavy atom. The van der Waals surface area contributed by atoms with E-state index >= 15 is 0 Å². The maximum Gasteiger partial charge on any atom is 0.266 e. The van der Waals surface area contributed by atoms with Gasteiger partial charge in [-0.1, -0.05) is 105 Å². The molecule has 3 atom stereocenters. The van der Waals surface area contributed by atoms with Crippen LogP contribution in [0, 0.1) is 17.8 Å². The first-order chi connectivity index (χ1) is 21.4. The number of carbonyl (C=O) groups excluding carboxylic acids is 3. The van der Waals surface area contributed by atoms with E-state index in [4.69, 9.17) is 4.84 Å². The van der Waals surface area contributed by atoms with E-state index in [0.717, 1.165) is 27.6 Å². The molecule has 0 saturated carbocycles. The molecular weight excluding hydrogens is 556 g/mol. The Hall–Kier alpha value is -4.73. The molecule has 1 aromatic heterocycles. The van der Waals surface area contributed by atoms with Crippen LogP contribution in [0.1, 0.15) is 43.4 Å². The van der Waals surface area contributed by atoms with Gasteiger partial charge in [0.05, 0.1) is 18.4 Å². The molecule has 9 nitrogen and oxygen atoms in total. The Bertz CT molecular complexity index is 1530. The highest BCUT2D eigenvalue weighted by Gasteiger charge is 2.35. The summed E-state index contributed by atoms with van der Waals surface area (Å²) in [4.78, 5) is 49.0. The first kappa shape index (κ1) is 32.2. The number of hydrogen-bond donors (Lipinski definition) is 5. The third-order valence-electron chi connectivity index (χ3n) is 7.48. The minimum Gasteiger partial charge on any atom is -0.361 e. The highest BCUT2D eigenvalue weighted by molar-refractivity contribution is 5.92. The zero-order valence-corrected chi connectivity index (χ0v) is 25.0. The van der Waals surface area contributed by atoms with E-state index in [9.17, 15) is 19.6 Å². The Morgan fingerprint density at radius 2 is 1.55 bits per heavy atom. The van der Waals surface area contributed by atoms with Gasteiger partial charge in [-0.15, -0.1) is 0 Å². The number of benzene rings is 3. The molecular formula is C35H40N4O5. The van der Waals surface area contributed by atoms with Crippen LogP contribution >= 0.6 is 0 Å². The largest absolute Gasteiger partial charge is 0.361 e. The predicted molar refractivity (Wildman–Crippen MR) is 170 cm³/mol. The molecule has 230 valence electrons. The SMILES string of the molecule is CC(C)C[C@H](C(=O)N[C@H](Cc1c[nH]c2ccccc12)C(=O)NOCc1ccccc1)[C@@H](C/C=C/c1ccccc1)C(=O)NO. The van der Waals surface area contributed by atoms with Crippen LogP contribution < -0.4 is 16.3 Å². The molecule has 4 aromatic rings. The minimum absolute atomic E-state index is 0.0629. The lowest BCUT2D eigenvalue weighted by Crippen LogP contribution is -2.51. The standard InChI is InChI=1S/C35H40N4O5/c1-24(2)20-30(29(34(41)38-43)18-11-16-25-12-5-3-6-13-25)33(40)37-32(21-27-22-36-31-19-10-9-17-28(27)31)35(42)39-44-23-26-14-7-4-8-15-26/h3-17,19,22,24,29-30,32,36,43H,18,20-21,23H2,1-2H3,(H,37,40)(H,38,41)(H,39,42)/b16-11+/t29-,30+,32-/m1/s1. The average molecular weight is 597 g/mol. The van der Waals surface area contributed by atoms with Crippen molar-refractivity contribution in [2.24, 2.45) is 17.8 Å². The number of amides is 3. The zero-order chi connectivity index (χ0) is 31.3. The van der Waals surface area contributed by atoms with Gasteiger partial charge in [0.25, 0.3) is 5.91 Å².